The van der Waals surface area contributed by atoms with Gasteiger partial charge in [-0.2, -0.15) is 18.3 Å². The summed E-state index contributed by atoms with van der Waals surface area (Å²) in [4.78, 5) is 0. The van der Waals surface area contributed by atoms with E-state index >= 15 is 0 Å². The summed E-state index contributed by atoms with van der Waals surface area (Å²) in [5.41, 5.74) is 7.24. The molecule has 1 aromatic heterocycles. The van der Waals surface area contributed by atoms with Gasteiger partial charge in [-0.15, -0.1) is 0 Å². The number of hydrogen-bond donors (Lipinski definition) is 1. The third-order valence-corrected chi connectivity index (χ3v) is 2.84. The molecule has 0 aliphatic rings. The molecular formula is C12H12F3N3. The van der Waals surface area contributed by atoms with Gasteiger partial charge in [-0.05, 0) is 38.1 Å². The van der Waals surface area contributed by atoms with Crippen LogP contribution in [0.2, 0.25) is 0 Å². The van der Waals surface area contributed by atoms with Gasteiger partial charge < -0.3 is 5.73 Å². The molecule has 0 aliphatic heterocycles. The minimum absolute atomic E-state index is 0.437. The van der Waals surface area contributed by atoms with Gasteiger partial charge in [-0.25, -0.2) is 4.68 Å². The zero-order chi connectivity index (χ0) is 13.5. The zero-order valence-electron chi connectivity index (χ0n) is 9.92. The van der Waals surface area contributed by atoms with Crippen LogP contribution in [-0.2, 0) is 6.18 Å². The SMILES string of the molecule is Cc1nn(-c2ccc(C(F)(F)F)cc2)c(N)c1C. The van der Waals surface area contributed by atoms with Crippen LogP contribution >= 0.6 is 0 Å². The van der Waals surface area contributed by atoms with Gasteiger partial charge >= 0.3 is 6.18 Å². The van der Waals surface area contributed by atoms with E-state index in [0.717, 1.165) is 23.4 Å². The first-order valence-electron chi connectivity index (χ1n) is 5.30. The van der Waals surface area contributed by atoms with E-state index in [-0.39, 0.29) is 0 Å². The maximum Gasteiger partial charge on any atom is 0.416 e. The van der Waals surface area contributed by atoms with E-state index < -0.39 is 11.7 Å². The molecule has 0 unspecified atom stereocenters. The van der Waals surface area contributed by atoms with Crippen LogP contribution in [0, 0.1) is 13.8 Å². The van der Waals surface area contributed by atoms with E-state index in [1.165, 1.54) is 16.8 Å². The Morgan fingerprint density at radius 2 is 1.67 bits per heavy atom. The molecule has 96 valence electrons. The van der Waals surface area contributed by atoms with Crippen molar-refractivity contribution in [2.24, 2.45) is 0 Å². The number of halogens is 3. The molecule has 0 spiro atoms. The molecule has 0 saturated heterocycles. The predicted molar refractivity (Wildman–Crippen MR) is 62.5 cm³/mol. The van der Waals surface area contributed by atoms with Crippen molar-refractivity contribution in [1.82, 2.24) is 9.78 Å². The molecule has 6 heteroatoms. The van der Waals surface area contributed by atoms with Crippen LogP contribution in [0.4, 0.5) is 19.0 Å². The highest BCUT2D eigenvalue weighted by Gasteiger charge is 2.30. The van der Waals surface area contributed by atoms with E-state index in [9.17, 15) is 13.2 Å². The molecule has 0 saturated carbocycles. The van der Waals surface area contributed by atoms with Gasteiger partial charge in [-0.3, -0.25) is 0 Å². The second kappa shape index (κ2) is 4.04. The van der Waals surface area contributed by atoms with Crippen LogP contribution in [0.25, 0.3) is 5.69 Å². The molecule has 3 nitrogen and oxygen atoms in total. The number of nitrogen functional groups attached to an aromatic ring is 1. The number of rotatable bonds is 1. The quantitative estimate of drug-likeness (QED) is 0.851. The lowest BCUT2D eigenvalue weighted by molar-refractivity contribution is -0.137. The zero-order valence-corrected chi connectivity index (χ0v) is 9.92. The summed E-state index contributed by atoms with van der Waals surface area (Å²) in [6.45, 7) is 3.62. The van der Waals surface area contributed by atoms with E-state index in [1.54, 1.807) is 6.92 Å². The molecule has 0 atom stereocenters. The highest BCUT2D eigenvalue weighted by Crippen LogP contribution is 2.30. The molecule has 1 aromatic carbocycles. The molecule has 0 amide bonds. The standard InChI is InChI=1S/C12H12F3N3/c1-7-8(2)17-18(11(7)16)10-5-3-9(4-6-10)12(13,14)15/h3-6H,16H2,1-2H3. The van der Waals surface area contributed by atoms with Crippen molar-refractivity contribution in [1.29, 1.82) is 0 Å². The third kappa shape index (κ3) is 2.05. The van der Waals surface area contributed by atoms with Crippen LogP contribution in [0.15, 0.2) is 24.3 Å². The first kappa shape index (κ1) is 12.5. The molecule has 2 N–H and O–H groups in total. The largest absolute Gasteiger partial charge is 0.416 e. The molecule has 0 fully saturated rings. The molecule has 2 rings (SSSR count). The number of aryl methyl sites for hydroxylation is 1. The second-order valence-electron chi connectivity index (χ2n) is 4.05. The Labute approximate surface area is 102 Å². The molecule has 0 aliphatic carbocycles. The number of hydrogen-bond acceptors (Lipinski definition) is 2. The molecule has 18 heavy (non-hydrogen) atoms. The van der Waals surface area contributed by atoms with Gasteiger partial charge in [0, 0.05) is 5.56 Å². The van der Waals surface area contributed by atoms with Crippen molar-refractivity contribution < 1.29 is 13.2 Å². The van der Waals surface area contributed by atoms with Crippen molar-refractivity contribution in [3.63, 3.8) is 0 Å². The first-order chi connectivity index (χ1) is 8.30. The van der Waals surface area contributed by atoms with Crippen molar-refractivity contribution in [2.75, 3.05) is 5.73 Å². The maximum absolute atomic E-state index is 12.4. The van der Waals surface area contributed by atoms with E-state index in [4.69, 9.17) is 5.73 Å². The summed E-state index contributed by atoms with van der Waals surface area (Å²) in [7, 11) is 0. The Morgan fingerprint density at radius 1 is 1.11 bits per heavy atom. The highest BCUT2D eigenvalue weighted by molar-refractivity contribution is 5.49. The highest BCUT2D eigenvalue weighted by atomic mass is 19.4. The second-order valence-corrected chi connectivity index (χ2v) is 4.05. The summed E-state index contributed by atoms with van der Waals surface area (Å²) < 4.78 is 38.7. The average molecular weight is 255 g/mol. The minimum Gasteiger partial charge on any atom is -0.383 e. The van der Waals surface area contributed by atoms with Crippen LogP contribution in [-0.4, -0.2) is 9.78 Å². The van der Waals surface area contributed by atoms with Crippen molar-refractivity contribution >= 4 is 5.82 Å². The lowest BCUT2D eigenvalue weighted by atomic mass is 10.2. The van der Waals surface area contributed by atoms with Gasteiger partial charge in [0.2, 0.25) is 0 Å². The Bertz CT molecular complexity index is 567. The number of nitrogens with two attached hydrogens (primary N) is 1. The van der Waals surface area contributed by atoms with E-state index in [0.29, 0.717) is 11.5 Å². The van der Waals surface area contributed by atoms with E-state index in [1.807, 2.05) is 6.92 Å². The van der Waals surface area contributed by atoms with Crippen LogP contribution < -0.4 is 5.73 Å². The normalized spacial score (nSPS) is 11.8. The average Bonchev–Trinajstić information content (AvgIpc) is 2.56. The van der Waals surface area contributed by atoms with Gasteiger partial charge in [0.25, 0.3) is 0 Å². The monoisotopic (exact) mass is 255 g/mol. The van der Waals surface area contributed by atoms with Crippen molar-refractivity contribution in [2.45, 2.75) is 20.0 Å². The Morgan fingerprint density at radius 3 is 2.06 bits per heavy atom. The minimum atomic E-state index is -4.33. The maximum atomic E-state index is 12.4. The number of nitrogens with zero attached hydrogens (tertiary/aromatic N) is 2. The fourth-order valence-electron chi connectivity index (χ4n) is 1.61. The summed E-state index contributed by atoms with van der Waals surface area (Å²) in [5, 5.41) is 4.18. The lowest BCUT2D eigenvalue weighted by Crippen LogP contribution is -2.06. The predicted octanol–water partition coefficient (Wildman–Crippen LogP) is 3.09. The van der Waals surface area contributed by atoms with Crippen LogP contribution in [0.3, 0.4) is 0 Å². The molecule has 1 heterocycles. The molecular weight excluding hydrogens is 243 g/mol. The van der Waals surface area contributed by atoms with Crippen molar-refractivity contribution in [3.8, 4) is 5.69 Å². The summed E-state index contributed by atoms with van der Waals surface area (Å²) in [6.07, 6.45) is -4.33. The van der Waals surface area contributed by atoms with Gasteiger partial charge in [0.15, 0.2) is 0 Å². The lowest BCUT2D eigenvalue weighted by Gasteiger charge is -2.08. The third-order valence-electron chi connectivity index (χ3n) is 2.84. The van der Waals surface area contributed by atoms with Crippen LogP contribution in [0.5, 0.6) is 0 Å². The van der Waals surface area contributed by atoms with Gasteiger partial charge in [0.05, 0.1) is 16.9 Å². The summed E-state index contributed by atoms with van der Waals surface area (Å²) in [6, 6.07) is 4.73. The molecule has 2 aromatic rings. The fraction of sp³-hybridized carbons (Fsp3) is 0.250. The Hall–Kier alpha value is -1.98. The summed E-state index contributed by atoms with van der Waals surface area (Å²) >= 11 is 0. The van der Waals surface area contributed by atoms with Crippen LogP contribution in [0.1, 0.15) is 16.8 Å². The summed E-state index contributed by atoms with van der Waals surface area (Å²) in [5.74, 6) is 0.437. The van der Waals surface area contributed by atoms with Gasteiger partial charge in [0.1, 0.15) is 5.82 Å². The smallest absolute Gasteiger partial charge is 0.383 e. The molecule has 0 bridgehead atoms. The van der Waals surface area contributed by atoms with Crippen molar-refractivity contribution in [3.05, 3.63) is 41.1 Å². The topological polar surface area (TPSA) is 43.8 Å². The Balaban J connectivity index is 2.44. The fourth-order valence-corrected chi connectivity index (χ4v) is 1.61. The Kier molecular flexibility index (Phi) is 2.80. The van der Waals surface area contributed by atoms with Gasteiger partial charge in [-0.1, -0.05) is 0 Å². The number of anilines is 1. The number of benzene rings is 1. The first-order valence-corrected chi connectivity index (χ1v) is 5.30. The number of alkyl halides is 3. The van der Waals surface area contributed by atoms with E-state index in [2.05, 4.69) is 5.10 Å². The number of aromatic nitrogens is 2. The molecule has 0 radical (unpaired) electrons.